The van der Waals surface area contributed by atoms with Crippen molar-refractivity contribution in [3.05, 3.63) is 35.9 Å². The van der Waals surface area contributed by atoms with Crippen LogP contribution in [-0.4, -0.2) is 47.8 Å². The van der Waals surface area contributed by atoms with Crippen LogP contribution in [0.2, 0.25) is 0 Å². The molecule has 0 radical (unpaired) electrons. The minimum Gasteiger partial charge on any atom is -0.343 e. The van der Waals surface area contributed by atoms with Crippen LogP contribution >= 0.6 is 0 Å². The number of rotatable bonds is 5. The normalized spacial score (nSPS) is 18.4. The van der Waals surface area contributed by atoms with Crippen molar-refractivity contribution in [3.8, 4) is 0 Å². The van der Waals surface area contributed by atoms with Crippen molar-refractivity contribution in [2.45, 2.75) is 32.7 Å². The number of hydrogen-bond acceptors (Lipinski definition) is 2. The van der Waals surface area contributed by atoms with Crippen LogP contribution in [-0.2, 0) is 16.0 Å². The number of carbonyl (C=O) groups is 2. The molecule has 1 heterocycles. The molecule has 1 saturated heterocycles. The Morgan fingerprint density at radius 1 is 1.33 bits per heavy atom. The summed E-state index contributed by atoms with van der Waals surface area (Å²) in [6.45, 7) is 5.23. The van der Waals surface area contributed by atoms with Gasteiger partial charge in [-0.05, 0) is 25.8 Å². The quantitative estimate of drug-likeness (QED) is 0.831. The van der Waals surface area contributed by atoms with Crippen LogP contribution in [0.5, 0.6) is 0 Å². The fourth-order valence-electron chi connectivity index (χ4n) is 2.60. The van der Waals surface area contributed by atoms with Gasteiger partial charge >= 0.3 is 0 Å². The van der Waals surface area contributed by atoms with Crippen LogP contribution in [0.25, 0.3) is 0 Å². The molecule has 0 N–H and O–H groups in total. The van der Waals surface area contributed by atoms with Gasteiger partial charge in [0.25, 0.3) is 0 Å². The smallest absolute Gasteiger partial charge is 0.227 e. The third kappa shape index (κ3) is 3.84. The maximum Gasteiger partial charge on any atom is 0.227 e. The fourth-order valence-corrected chi connectivity index (χ4v) is 2.60. The highest BCUT2D eigenvalue weighted by Gasteiger charge is 2.35. The van der Waals surface area contributed by atoms with Gasteiger partial charge in [0.15, 0.2) is 0 Å². The lowest BCUT2D eigenvalue weighted by molar-refractivity contribution is -0.136. The number of hydrogen-bond donors (Lipinski definition) is 0. The van der Waals surface area contributed by atoms with Gasteiger partial charge in [-0.25, -0.2) is 0 Å². The second-order valence-electron chi connectivity index (χ2n) is 6.02. The van der Waals surface area contributed by atoms with E-state index in [1.807, 2.05) is 44.0 Å². The number of carbonyl (C=O) groups excluding carboxylic acids is 2. The molecule has 0 aromatic heterocycles. The molecule has 0 saturated carbocycles. The van der Waals surface area contributed by atoms with Crippen LogP contribution in [0.4, 0.5) is 0 Å². The average Bonchev–Trinajstić information content (AvgIpc) is 2.85. The topological polar surface area (TPSA) is 40.6 Å². The first-order valence-corrected chi connectivity index (χ1v) is 7.57. The van der Waals surface area contributed by atoms with Gasteiger partial charge in [-0.3, -0.25) is 9.59 Å². The third-order valence-electron chi connectivity index (χ3n) is 4.20. The van der Waals surface area contributed by atoms with Gasteiger partial charge in [-0.1, -0.05) is 30.3 Å². The minimum atomic E-state index is -0.180. The molecule has 2 amide bonds. The Labute approximate surface area is 126 Å². The van der Waals surface area contributed by atoms with Crippen molar-refractivity contribution in [1.82, 2.24) is 9.80 Å². The SMILES string of the molecule is CC(C)N(C)C(=O)C1CC(=O)N(CCc2ccccc2)C1. The molecule has 4 heteroatoms. The monoisotopic (exact) mass is 288 g/mol. The Kier molecular flexibility index (Phi) is 4.99. The number of amides is 2. The predicted molar refractivity (Wildman–Crippen MR) is 82.7 cm³/mol. The summed E-state index contributed by atoms with van der Waals surface area (Å²) < 4.78 is 0. The maximum atomic E-state index is 12.3. The summed E-state index contributed by atoms with van der Waals surface area (Å²) in [5, 5.41) is 0. The van der Waals surface area contributed by atoms with E-state index in [9.17, 15) is 9.59 Å². The molecule has 1 unspecified atom stereocenters. The molecule has 0 bridgehead atoms. The van der Waals surface area contributed by atoms with E-state index < -0.39 is 0 Å². The Bertz CT molecular complexity index is 499. The molecule has 2 rings (SSSR count). The predicted octanol–water partition coefficient (Wildman–Crippen LogP) is 1.94. The van der Waals surface area contributed by atoms with E-state index >= 15 is 0 Å². The maximum absolute atomic E-state index is 12.3. The highest BCUT2D eigenvalue weighted by molar-refractivity contribution is 5.89. The molecule has 1 aliphatic heterocycles. The second-order valence-corrected chi connectivity index (χ2v) is 6.02. The third-order valence-corrected chi connectivity index (χ3v) is 4.20. The highest BCUT2D eigenvalue weighted by atomic mass is 16.2. The van der Waals surface area contributed by atoms with E-state index in [0.717, 1.165) is 6.42 Å². The van der Waals surface area contributed by atoms with E-state index in [2.05, 4.69) is 12.1 Å². The molecule has 1 fully saturated rings. The van der Waals surface area contributed by atoms with Gasteiger partial charge in [0.2, 0.25) is 11.8 Å². The first kappa shape index (κ1) is 15.5. The molecule has 1 aromatic rings. The summed E-state index contributed by atoms with van der Waals surface area (Å²) in [5.41, 5.74) is 1.22. The van der Waals surface area contributed by atoms with Crippen molar-refractivity contribution in [2.75, 3.05) is 20.1 Å². The van der Waals surface area contributed by atoms with Crippen LogP contribution in [0.15, 0.2) is 30.3 Å². The van der Waals surface area contributed by atoms with Crippen LogP contribution in [0.3, 0.4) is 0 Å². The molecule has 1 aliphatic rings. The van der Waals surface area contributed by atoms with E-state index in [0.29, 0.717) is 19.5 Å². The summed E-state index contributed by atoms with van der Waals surface area (Å²) >= 11 is 0. The van der Waals surface area contributed by atoms with E-state index in [4.69, 9.17) is 0 Å². The van der Waals surface area contributed by atoms with Crippen molar-refractivity contribution in [2.24, 2.45) is 5.92 Å². The first-order valence-electron chi connectivity index (χ1n) is 7.57. The largest absolute Gasteiger partial charge is 0.343 e. The molecule has 0 aliphatic carbocycles. The van der Waals surface area contributed by atoms with E-state index in [1.165, 1.54) is 5.56 Å². The Morgan fingerprint density at radius 2 is 2.00 bits per heavy atom. The van der Waals surface area contributed by atoms with Crippen LogP contribution < -0.4 is 0 Å². The zero-order valence-corrected chi connectivity index (χ0v) is 13.1. The standard InChI is InChI=1S/C17H24N2O2/c1-13(2)18(3)17(21)15-11-16(20)19(12-15)10-9-14-7-5-4-6-8-14/h4-8,13,15H,9-12H2,1-3H3. The molecule has 0 spiro atoms. The average molecular weight is 288 g/mol. The van der Waals surface area contributed by atoms with Crippen molar-refractivity contribution >= 4 is 11.8 Å². The van der Waals surface area contributed by atoms with E-state index in [1.54, 1.807) is 4.90 Å². The van der Waals surface area contributed by atoms with Crippen LogP contribution in [0.1, 0.15) is 25.8 Å². The lowest BCUT2D eigenvalue weighted by Gasteiger charge is -2.24. The van der Waals surface area contributed by atoms with Gasteiger partial charge in [0.05, 0.1) is 5.92 Å². The summed E-state index contributed by atoms with van der Waals surface area (Å²) in [4.78, 5) is 27.9. The van der Waals surface area contributed by atoms with Gasteiger partial charge in [-0.2, -0.15) is 0 Å². The van der Waals surface area contributed by atoms with Crippen molar-refractivity contribution in [3.63, 3.8) is 0 Å². The summed E-state index contributed by atoms with van der Waals surface area (Å²) in [5.74, 6) is 0.00247. The zero-order chi connectivity index (χ0) is 15.4. The molecule has 114 valence electrons. The van der Waals surface area contributed by atoms with Crippen molar-refractivity contribution in [1.29, 1.82) is 0 Å². The van der Waals surface area contributed by atoms with Gasteiger partial charge < -0.3 is 9.80 Å². The number of benzene rings is 1. The van der Waals surface area contributed by atoms with Gasteiger partial charge in [0, 0.05) is 32.6 Å². The Hall–Kier alpha value is -1.84. The lowest BCUT2D eigenvalue weighted by Crippen LogP contribution is -2.39. The van der Waals surface area contributed by atoms with Crippen molar-refractivity contribution < 1.29 is 9.59 Å². The van der Waals surface area contributed by atoms with Gasteiger partial charge in [-0.15, -0.1) is 0 Å². The second kappa shape index (κ2) is 6.74. The Balaban J connectivity index is 1.89. The molecule has 4 nitrogen and oxygen atoms in total. The Morgan fingerprint density at radius 3 is 2.62 bits per heavy atom. The first-order chi connectivity index (χ1) is 9.99. The lowest BCUT2D eigenvalue weighted by atomic mass is 10.1. The van der Waals surface area contributed by atoms with Crippen LogP contribution in [0, 0.1) is 5.92 Å². The minimum absolute atomic E-state index is 0.0839. The summed E-state index contributed by atoms with van der Waals surface area (Å²) in [6.07, 6.45) is 1.19. The summed E-state index contributed by atoms with van der Waals surface area (Å²) in [7, 11) is 1.81. The summed E-state index contributed by atoms with van der Waals surface area (Å²) in [6, 6.07) is 10.3. The highest BCUT2D eigenvalue weighted by Crippen LogP contribution is 2.21. The van der Waals surface area contributed by atoms with Gasteiger partial charge in [0.1, 0.15) is 0 Å². The molecular formula is C17H24N2O2. The fraction of sp³-hybridized carbons (Fsp3) is 0.529. The zero-order valence-electron chi connectivity index (χ0n) is 13.1. The molecule has 21 heavy (non-hydrogen) atoms. The number of nitrogens with zero attached hydrogens (tertiary/aromatic N) is 2. The molecular weight excluding hydrogens is 264 g/mol. The van der Waals surface area contributed by atoms with E-state index in [-0.39, 0.29) is 23.8 Å². The molecule has 1 atom stereocenters. The number of likely N-dealkylation sites (tertiary alicyclic amines) is 1. The molecule has 1 aromatic carbocycles.